The number of aliphatic hydroxyl groups is 2. The fourth-order valence-corrected chi connectivity index (χ4v) is 3.13. The van der Waals surface area contributed by atoms with Crippen molar-refractivity contribution in [1.29, 1.82) is 0 Å². The first-order valence-electron chi connectivity index (χ1n) is 6.22. The van der Waals surface area contributed by atoms with Crippen molar-refractivity contribution in [3.63, 3.8) is 0 Å². The molecule has 2 N–H and O–H groups in total. The molecule has 0 unspecified atom stereocenters. The van der Waals surface area contributed by atoms with Crippen molar-refractivity contribution >= 4 is 11.8 Å². The lowest BCUT2D eigenvalue weighted by Crippen LogP contribution is -2.24. The first-order chi connectivity index (χ1) is 8.27. The van der Waals surface area contributed by atoms with Crippen LogP contribution >= 0.6 is 11.8 Å². The second-order valence-electron chi connectivity index (χ2n) is 4.20. The Balaban J connectivity index is 2.43. The quantitative estimate of drug-likeness (QED) is 0.749. The van der Waals surface area contributed by atoms with Crippen LogP contribution in [0.3, 0.4) is 0 Å². The van der Waals surface area contributed by atoms with Gasteiger partial charge in [-0.15, -0.1) is 0 Å². The molecular weight excluding hydrogens is 232 g/mol. The van der Waals surface area contributed by atoms with Gasteiger partial charge in [-0.1, -0.05) is 43.7 Å². The minimum absolute atomic E-state index is 0.0628. The van der Waals surface area contributed by atoms with Gasteiger partial charge in [0.25, 0.3) is 0 Å². The first kappa shape index (κ1) is 14.6. The maximum Gasteiger partial charge on any atom is 0.0680 e. The van der Waals surface area contributed by atoms with Gasteiger partial charge in [-0.25, -0.2) is 0 Å². The molecule has 0 saturated carbocycles. The highest BCUT2D eigenvalue weighted by Gasteiger charge is 2.18. The second-order valence-corrected chi connectivity index (χ2v) is 5.43. The predicted octanol–water partition coefficient (Wildman–Crippen LogP) is 2.83. The Hall–Kier alpha value is -0.510. The molecule has 2 nitrogen and oxygen atoms in total. The van der Waals surface area contributed by atoms with Gasteiger partial charge in [-0.05, 0) is 18.4 Å². The van der Waals surface area contributed by atoms with Gasteiger partial charge in [-0.3, -0.25) is 0 Å². The van der Waals surface area contributed by atoms with Crippen molar-refractivity contribution in [3.8, 4) is 0 Å². The molecule has 0 aliphatic carbocycles. The van der Waals surface area contributed by atoms with Crippen LogP contribution in [0.2, 0.25) is 0 Å². The van der Waals surface area contributed by atoms with Crippen molar-refractivity contribution in [1.82, 2.24) is 0 Å². The number of hydrogen-bond donors (Lipinski definition) is 2. The predicted molar refractivity (Wildman–Crippen MR) is 74.1 cm³/mol. The van der Waals surface area contributed by atoms with Gasteiger partial charge >= 0.3 is 0 Å². The standard InChI is InChI=1S/C14H22O2S/c1-2-6-14(13(16)9-10-15)17-11-12-7-4-3-5-8-12/h3-5,7-8,13-16H,2,6,9-11H2,1H3/t13-,14-/m0/s1. The fraction of sp³-hybridized carbons (Fsp3) is 0.571. The van der Waals surface area contributed by atoms with Gasteiger partial charge in [-0.2, -0.15) is 11.8 Å². The molecule has 0 spiro atoms. The average Bonchev–Trinajstić information content (AvgIpc) is 2.36. The van der Waals surface area contributed by atoms with E-state index in [0.717, 1.165) is 18.6 Å². The van der Waals surface area contributed by atoms with Crippen LogP contribution in [0.25, 0.3) is 0 Å². The number of aliphatic hydroxyl groups excluding tert-OH is 2. The second kappa shape index (κ2) is 8.56. The summed E-state index contributed by atoms with van der Waals surface area (Å²) in [4.78, 5) is 0. The third kappa shape index (κ3) is 5.57. The molecule has 2 atom stereocenters. The molecule has 0 saturated heterocycles. The van der Waals surface area contributed by atoms with Gasteiger partial charge in [0.15, 0.2) is 0 Å². The van der Waals surface area contributed by atoms with Crippen molar-refractivity contribution in [2.24, 2.45) is 0 Å². The highest BCUT2D eigenvalue weighted by molar-refractivity contribution is 7.99. The number of benzene rings is 1. The lowest BCUT2D eigenvalue weighted by Gasteiger charge is -2.21. The van der Waals surface area contributed by atoms with E-state index in [1.54, 1.807) is 11.8 Å². The van der Waals surface area contributed by atoms with Crippen LogP contribution in [0, 0.1) is 0 Å². The van der Waals surface area contributed by atoms with Crippen LogP contribution < -0.4 is 0 Å². The summed E-state index contributed by atoms with van der Waals surface area (Å²) in [6.45, 7) is 2.19. The van der Waals surface area contributed by atoms with E-state index in [4.69, 9.17) is 5.11 Å². The maximum atomic E-state index is 9.94. The van der Waals surface area contributed by atoms with Crippen molar-refractivity contribution in [2.45, 2.75) is 43.3 Å². The van der Waals surface area contributed by atoms with Gasteiger partial charge in [0, 0.05) is 17.6 Å². The Labute approximate surface area is 108 Å². The summed E-state index contributed by atoms with van der Waals surface area (Å²) in [5.41, 5.74) is 1.29. The molecular formula is C14H22O2S. The highest BCUT2D eigenvalue weighted by atomic mass is 32.2. The van der Waals surface area contributed by atoms with Crippen molar-refractivity contribution < 1.29 is 10.2 Å². The van der Waals surface area contributed by atoms with Gasteiger partial charge in [0.1, 0.15) is 0 Å². The van der Waals surface area contributed by atoms with E-state index in [9.17, 15) is 5.11 Å². The highest BCUT2D eigenvalue weighted by Crippen LogP contribution is 2.25. The summed E-state index contributed by atoms with van der Waals surface area (Å²) in [6, 6.07) is 10.3. The van der Waals surface area contributed by atoms with Crippen molar-refractivity contribution in [2.75, 3.05) is 6.61 Å². The SMILES string of the molecule is CCC[C@H](SCc1ccccc1)[C@@H](O)CCO. The van der Waals surface area contributed by atoms with Crippen LogP contribution in [-0.4, -0.2) is 28.2 Å². The normalized spacial score (nSPS) is 14.5. The zero-order chi connectivity index (χ0) is 12.5. The van der Waals surface area contributed by atoms with Crippen LogP contribution in [0.15, 0.2) is 30.3 Å². The monoisotopic (exact) mass is 254 g/mol. The number of rotatable bonds is 8. The Bertz CT molecular complexity index is 290. The van der Waals surface area contributed by atoms with E-state index < -0.39 is 6.10 Å². The molecule has 0 radical (unpaired) electrons. The first-order valence-corrected chi connectivity index (χ1v) is 7.27. The maximum absolute atomic E-state index is 9.94. The summed E-state index contributed by atoms with van der Waals surface area (Å²) in [6.07, 6.45) is 2.15. The summed E-state index contributed by atoms with van der Waals surface area (Å²) in [5.74, 6) is 0.925. The summed E-state index contributed by atoms with van der Waals surface area (Å²) >= 11 is 1.79. The summed E-state index contributed by atoms with van der Waals surface area (Å²) in [5, 5.41) is 19.0. The Morgan fingerprint density at radius 3 is 2.47 bits per heavy atom. The van der Waals surface area contributed by atoms with Crippen LogP contribution in [0.5, 0.6) is 0 Å². The number of thioether (sulfide) groups is 1. The minimum atomic E-state index is -0.395. The van der Waals surface area contributed by atoms with E-state index in [0.29, 0.717) is 6.42 Å². The molecule has 17 heavy (non-hydrogen) atoms. The van der Waals surface area contributed by atoms with Gasteiger partial charge in [0.2, 0.25) is 0 Å². The molecule has 1 aromatic rings. The minimum Gasteiger partial charge on any atom is -0.396 e. The molecule has 0 aliphatic rings. The van der Waals surface area contributed by atoms with Crippen LogP contribution in [-0.2, 0) is 5.75 Å². The molecule has 0 amide bonds. The Morgan fingerprint density at radius 2 is 1.88 bits per heavy atom. The Kier molecular flexibility index (Phi) is 7.33. The van der Waals surface area contributed by atoms with Gasteiger partial charge < -0.3 is 10.2 Å². The molecule has 96 valence electrons. The largest absolute Gasteiger partial charge is 0.396 e. The molecule has 0 aromatic heterocycles. The fourth-order valence-electron chi connectivity index (χ4n) is 1.77. The molecule has 0 fully saturated rings. The van der Waals surface area contributed by atoms with Crippen molar-refractivity contribution in [3.05, 3.63) is 35.9 Å². The molecule has 0 aliphatic heterocycles. The number of hydrogen-bond acceptors (Lipinski definition) is 3. The topological polar surface area (TPSA) is 40.5 Å². The van der Waals surface area contributed by atoms with Crippen LogP contribution in [0.1, 0.15) is 31.7 Å². The van der Waals surface area contributed by atoms with E-state index in [1.807, 2.05) is 18.2 Å². The van der Waals surface area contributed by atoms with Gasteiger partial charge in [0.05, 0.1) is 6.10 Å². The zero-order valence-corrected chi connectivity index (χ0v) is 11.2. The molecule has 1 rings (SSSR count). The Morgan fingerprint density at radius 1 is 1.18 bits per heavy atom. The molecule has 3 heteroatoms. The van der Waals surface area contributed by atoms with E-state index in [2.05, 4.69) is 19.1 Å². The molecule has 1 aromatic carbocycles. The van der Waals surface area contributed by atoms with E-state index in [-0.39, 0.29) is 11.9 Å². The average molecular weight is 254 g/mol. The molecule has 0 heterocycles. The molecule has 0 bridgehead atoms. The third-order valence-corrected chi connectivity index (χ3v) is 4.21. The van der Waals surface area contributed by atoms with E-state index in [1.165, 1.54) is 5.56 Å². The van der Waals surface area contributed by atoms with Crippen LogP contribution in [0.4, 0.5) is 0 Å². The summed E-state index contributed by atoms with van der Waals surface area (Å²) in [7, 11) is 0. The summed E-state index contributed by atoms with van der Waals surface area (Å²) < 4.78 is 0. The zero-order valence-electron chi connectivity index (χ0n) is 10.4. The van der Waals surface area contributed by atoms with E-state index >= 15 is 0 Å². The smallest absolute Gasteiger partial charge is 0.0680 e. The lowest BCUT2D eigenvalue weighted by atomic mass is 10.1. The lowest BCUT2D eigenvalue weighted by molar-refractivity contribution is 0.128. The third-order valence-electron chi connectivity index (χ3n) is 2.73.